The van der Waals surface area contributed by atoms with Gasteiger partial charge in [0.25, 0.3) is 0 Å². The smallest absolute Gasteiger partial charge is 0.246 e. The van der Waals surface area contributed by atoms with Crippen molar-refractivity contribution in [2.24, 2.45) is 0 Å². The van der Waals surface area contributed by atoms with Gasteiger partial charge >= 0.3 is 0 Å². The van der Waals surface area contributed by atoms with Crippen LogP contribution in [0.3, 0.4) is 0 Å². The van der Waals surface area contributed by atoms with Crippen LogP contribution in [-0.4, -0.2) is 34.6 Å². The molecule has 0 aromatic rings. The average Bonchev–Trinajstić information content (AvgIpc) is 2.18. The number of allylic oxidation sites excluding steroid dienone is 3. The summed E-state index contributed by atoms with van der Waals surface area (Å²) in [7, 11) is 0. The highest BCUT2D eigenvalue weighted by Gasteiger charge is 2.28. The van der Waals surface area contributed by atoms with Crippen molar-refractivity contribution in [1.29, 1.82) is 0 Å². The van der Waals surface area contributed by atoms with Gasteiger partial charge < -0.3 is 10.0 Å². The number of rotatable bonds is 2. The molecule has 0 atom stereocenters. The molecule has 0 radical (unpaired) electrons. The molecule has 3 heteroatoms. The summed E-state index contributed by atoms with van der Waals surface area (Å²) in [5.41, 5.74) is -0.593. The molecule has 1 fully saturated rings. The molecule has 1 aliphatic heterocycles. The molecule has 1 amide bonds. The minimum atomic E-state index is -0.593. The molecule has 0 unspecified atom stereocenters. The number of aliphatic hydroxyl groups is 1. The summed E-state index contributed by atoms with van der Waals surface area (Å²) in [6, 6.07) is 0. The van der Waals surface area contributed by atoms with Crippen LogP contribution < -0.4 is 0 Å². The fourth-order valence-corrected chi connectivity index (χ4v) is 1.56. The molecular formula is C12H19NO2. The summed E-state index contributed by atoms with van der Waals surface area (Å²) in [4.78, 5) is 13.4. The van der Waals surface area contributed by atoms with Gasteiger partial charge in [0.05, 0.1) is 5.60 Å². The van der Waals surface area contributed by atoms with Crippen LogP contribution in [0.1, 0.15) is 26.7 Å². The number of amides is 1. The number of hydrogen-bond acceptors (Lipinski definition) is 2. The highest BCUT2D eigenvalue weighted by atomic mass is 16.3. The van der Waals surface area contributed by atoms with E-state index in [4.69, 9.17) is 0 Å². The summed E-state index contributed by atoms with van der Waals surface area (Å²) < 4.78 is 0. The van der Waals surface area contributed by atoms with Gasteiger partial charge in [0.2, 0.25) is 5.91 Å². The highest BCUT2D eigenvalue weighted by Crippen LogP contribution is 2.21. The molecule has 15 heavy (non-hydrogen) atoms. The van der Waals surface area contributed by atoms with E-state index in [1.807, 2.05) is 26.0 Å². The van der Waals surface area contributed by atoms with Crippen LogP contribution in [0, 0.1) is 0 Å². The normalized spacial score (nSPS) is 21.4. The first kappa shape index (κ1) is 12.0. The van der Waals surface area contributed by atoms with Crippen LogP contribution in [0.25, 0.3) is 0 Å². The molecule has 1 rings (SSSR count). The van der Waals surface area contributed by atoms with Crippen LogP contribution in [0.15, 0.2) is 24.3 Å². The maximum Gasteiger partial charge on any atom is 0.246 e. The summed E-state index contributed by atoms with van der Waals surface area (Å²) in [5, 5.41) is 9.72. The number of hydrogen-bond donors (Lipinski definition) is 1. The first-order chi connectivity index (χ1) is 7.05. The molecule has 0 spiro atoms. The second-order valence-electron chi connectivity index (χ2n) is 4.21. The summed E-state index contributed by atoms with van der Waals surface area (Å²) >= 11 is 0. The van der Waals surface area contributed by atoms with Gasteiger partial charge in [0.1, 0.15) is 0 Å². The minimum absolute atomic E-state index is 0.0311. The zero-order valence-corrected chi connectivity index (χ0v) is 9.44. The van der Waals surface area contributed by atoms with Gasteiger partial charge in [-0.05, 0) is 26.7 Å². The summed E-state index contributed by atoms with van der Waals surface area (Å²) in [6.07, 6.45) is 8.35. The van der Waals surface area contributed by atoms with Gasteiger partial charge in [0.15, 0.2) is 0 Å². The molecule has 0 bridgehead atoms. The number of nitrogens with zero attached hydrogens (tertiary/aromatic N) is 1. The highest BCUT2D eigenvalue weighted by molar-refractivity contribution is 5.87. The van der Waals surface area contributed by atoms with E-state index in [9.17, 15) is 9.90 Å². The van der Waals surface area contributed by atoms with E-state index in [1.165, 1.54) is 0 Å². The number of likely N-dealkylation sites (tertiary alicyclic amines) is 1. The zero-order chi connectivity index (χ0) is 11.3. The van der Waals surface area contributed by atoms with Crippen molar-refractivity contribution in [3.8, 4) is 0 Å². The molecule has 0 aromatic carbocycles. The van der Waals surface area contributed by atoms with Crippen LogP contribution in [0.2, 0.25) is 0 Å². The molecule has 84 valence electrons. The Labute approximate surface area is 91.1 Å². The Balaban J connectivity index is 2.43. The molecule has 0 saturated carbocycles. The van der Waals surface area contributed by atoms with E-state index in [0.29, 0.717) is 25.9 Å². The van der Waals surface area contributed by atoms with Crippen molar-refractivity contribution in [3.63, 3.8) is 0 Å². The lowest BCUT2D eigenvalue weighted by molar-refractivity contribution is -0.129. The Morgan fingerprint density at radius 2 is 1.93 bits per heavy atom. The lowest BCUT2D eigenvalue weighted by Crippen LogP contribution is -2.44. The third kappa shape index (κ3) is 3.88. The molecule has 3 nitrogen and oxygen atoms in total. The van der Waals surface area contributed by atoms with Crippen molar-refractivity contribution < 1.29 is 9.90 Å². The molecule has 0 aromatic heterocycles. The molecule has 1 heterocycles. The largest absolute Gasteiger partial charge is 0.390 e. The standard InChI is InChI=1S/C12H19NO2/c1-3-4-5-6-11(14)13-9-7-12(2,15)8-10-13/h3-6,15H,7-10H2,1-2H3. The van der Waals surface area contributed by atoms with Gasteiger partial charge in [-0.25, -0.2) is 0 Å². The van der Waals surface area contributed by atoms with Crippen molar-refractivity contribution in [2.75, 3.05) is 13.1 Å². The predicted molar refractivity (Wildman–Crippen MR) is 60.4 cm³/mol. The summed E-state index contributed by atoms with van der Waals surface area (Å²) in [6.45, 7) is 5.02. The molecular weight excluding hydrogens is 190 g/mol. The maximum absolute atomic E-state index is 11.6. The van der Waals surface area contributed by atoms with Gasteiger partial charge in [-0.3, -0.25) is 4.79 Å². The number of piperidine rings is 1. The predicted octanol–water partition coefficient (Wildman–Crippen LogP) is 1.49. The van der Waals surface area contributed by atoms with E-state index in [1.54, 1.807) is 17.1 Å². The van der Waals surface area contributed by atoms with E-state index >= 15 is 0 Å². The summed E-state index contributed by atoms with van der Waals surface area (Å²) in [5.74, 6) is 0.0311. The number of carbonyl (C=O) groups excluding carboxylic acids is 1. The third-order valence-electron chi connectivity index (χ3n) is 2.69. The Morgan fingerprint density at radius 1 is 1.33 bits per heavy atom. The Morgan fingerprint density at radius 3 is 2.47 bits per heavy atom. The average molecular weight is 209 g/mol. The molecule has 1 N–H and O–H groups in total. The van der Waals surface area contributed by atoms with Crippen LogP contribution >= 0.6 is 0 Å². The first-order valence-electron chi connectivity index (χ1n) is 5.36. The molecule has 1 saturated heterocycles. The lowest BCUT2D eigenvalue weighted by Gasteiger charge is -2.35. The van der Waals surface area contributed by atoms with Crippen molar-refractivity contribution in [2.45, 2.75) is 32.3 Å². The second kappa shape index (κ2) is 5.12. The van der Waals surface area contributed by atoms with Gasteiger partial charge in [-0.15, -0.1) is 0 Å². The maximum atomic E-state index is 11.6. The fourth-order valence-electron chi connectivity index (χ4n) is 1.56. The first-order valence-corrected chi connectivity index (χ1v) is 5.36. The Bertz CT molecular complexity index is 269. The Hall–Kier alpha value is -1.09. The second-order valence-corrected chi connectivity index (χ2v) is 4.21. The Kier molecular flexibility index (Phi) is 4.09. The van der Waals surface area contributed by atoms with Gasteiger partial charge in [0, 0.05) is 19.2 Å². The SMILES string of the molecule is CC=CC=CC(=O)N1CCC(C)(O)CC1. The van der Waals surface area contributed by atoms with Crippen LogP contribution in [-0.2, 0) is 4.79 Å². The van der Waals surface area contributed by atoms with Crippen LogP contribution in [0.4, 0.5) is 0 Å². The van der Waals surface area contributed by atoms with Gasteiger partial charge in [-0.1, -0.05) is 18.2 Å². The van der Waals surface area contributed by atoms with Crippen LogP contribution in [0.5, 0.6) is 0 Å². The van der Waals surface area contributed by atoms with Crippen molar-refractivity contribution >= 4 is 5.91 Å². The van der Waals surface area contributed by atoms with Gasteiger partial charge in [-0.2, -0.15) is 0 Å². The quantitative estimate of drug-likeness (QED) is 0.553. The van der Waals surface area contributed by atoms with E-state index in [0.717, 1.165) is 0 Å². The molecule has 0 aliphatic carbocycles. The van der Waals surface area contributed by atoms with E-state index in [-0.39, 0.29) is 5.91 Å². The minimum Gasteiger partial charge on any atom is -0.390 e. The van der Waals surface area contributed by atoms with Crippen molar-refractivity contribution in [1.82, 2.24) is 4.90 Å². The van der Waals surface area contributed by atoms with E-state index in [2.05, 4.69) is 0 Å². The zero-order valence-electron chi connectivity index (χ0n) is 9.44. The van der Waals surface area contributed by atoms with E-state index < -0.39 is 5.60 Å². The number of carbonyl (C=O) groups is 1. The lowest BCUT2D eigenvalue weighted by atomic mass is 9.94. The monoisotopic (exact) mass is 209 g/mol. The third-order valence-corrected chi connectivity index (χ3v) is 2.69. The molecule has 1 aliphatic rings. The van der Waals surface area contributed by atoms with Crippen molar-refractivity contribution in [3.05, 3.63) is 24.3 Å². The topological polar surface area (TPSA) is 40.5 Å². The fraction of sp³-hybridized carbons (Fsp3) is 0.583.